The number of carbonyl (C=O) groups is 5. The van der Waals surface area contributed by atoms with Crippen molar-refractivity contribution in [2.24, 2.45) is 29.4 Å². The number of hydrogen-bond donors (Lipinski definition) is 3. The van der Waals surface area contributed by atoms with Crippen LogP contribution in [-0.4, -0.2) is 88.4 Å². The molecule has 10 nitrogen and oxygen atoms in total. The van der Waals surface area contributed by atoms with Crippen LogP contribution in [0.2, 0.25) is 0 Å². The number of aromatic hydroxyl groups is 1. The number of phenolic OH excluding ortho intramolecular Hbond substituents is 1. The zero-order valence-corrected chi connectivity index (χ0v) is 22.0. The van der Waals surface area contributed by atoms with Crippen LogP contribution in [0.15, 0.2) is 6.07 Å². The summed E-state index contributed by atoms with van der Waals surface area (Å²) in [6.45, 7) is 2.96. The van der Waals surface area contributed by atoms with Gasteiger partial charge in [0.25, 0.3) is 0 Å². The van der Waals surface area contributed by atoms with Crippen molar-refractivity contribution in [3.8, 4) is 5.75 Å². The van der Waals surface area contributed by atoms with Gasteiger partial charge in [-0.05, 0) is 58.9 Å². The van der Waals surface area contributed by atoms with Crippen molar-refractivity contribution in [1.29, 1.82) is 0 Å². The smallest absolute Gasteiger partial charge is 0.235 e. The third kappa shape index (κ3) is 4.07. The van der Waals surface area contributed by atoms with E-state index in [0.29, 0.717) is 6.54 Å². The van der Waals surface area contributed by atoms with Crippen LogP contribution < -0.4 is 5.73 Å². The van der Waals surface area contributed by atoms with Crippen molar-refractivity contribution in [2.75, 3.05) is 27.7 Å². The normalized spacial score (nSPS) is 30.9. The summed E-state index contributed by atoms with van der Waals surface area (Å²) in [5.74, 6) is -12.2. The lowest BCUT2D eigenvalue weighted by Crippen LogP contribution is -2.74. The molecule has 0 radical (unpaired) electrons. The first kappa shape index (κ1) is 28.0. The molecule has 3 aliphatic carbocycles. The van der Waals surface area contributed by atoms with Gasteiger partial charge in [-0.2, -0.15) is 0 Å². The highest BCUT2D eigenvalue weighted by atomic mass is 19.1. The third-order valence-corrected chi connectivity index (χ3v) is 8.40. The number of phenols is 1. The number of nitrogens with two attached hydrogens (primary N) is 1. The highest BCUT2D eigenvalue weighted by Crippen LogP contribution is 2.51. The summed E-state index contributed by atoms with van der Waals surface area (Å²) in [7, 11) is 4.84. The minimum atomic E-state index is -2.80. The summed E-state index contributed by atoms with van der Waals surface area (Å²) < 4.78 is 15.7. The van der Waals surface area contributed by atoms with Gasteiger partial charge in [-0.25, -0.2) is 4.39 Å². The van der Waals surface area contributed by atoms with E-state index in [1.165, 1.54) is 25.1 Å². The molecule has 1 aromatic carbocycles. The van der Waals surface area contributed by atoms with Crippen LogP contribution in [0.3, 0.4) is 0 Å². The van der Waals surface area contributed by atoms with E-state index < -0.39 is 75.9 Å². The van der Waals surface area contributed by atoms with Gasteiger partial charge in [0, 0.05) is 23.6 Å². The first-order valence-electron chi connectivity index (χ1n) is 12.8. The molecular weight excluding hydrogens is 497 g/mol. The van der Waals surface area contributed by atoms with Gasteiger partial charge in [-0.15, -0.1) is 0 Å². The van der Waals surface area contributed by atoms with Gasteiger partial charge in [0.1, 0.15) is 11.6 Å². The number of hydrogen-bond acceptors (Lipinski definition) is 9. The van der Waals surface area contributed by atoms with Gasteiger partial charge < -0.3 is 20.8 Å². The summed E-state index contributed by atoms with van der Waals surface area (Å²) in [4.78, 5) is 69.0. The van der Waals surface area contributed by atoms with Crippen LogP contribution in [0.5, 0.6) is 5.75 Å². The maximum Gasteiger partial charge on any atom is 0.235 e. The molecule has 38 heavy (non-hydrogen) atoms. The number of unbranched alkanes of at least 4 members (excludes halogenated alkanes) is 1. The highest BCUT2D eigenvalue weighted by Gasteiger charge is 2.69. The van der Waals surface area contributed by atoms with Gasteiger partial charge in [0.15, 0.2) is 34.7 Å². The third-order valence-electron chi connectivity index (χ3n) is 8.40. The van der Waals surface area contributed by atoms with Crippen molar-refractivity contribution in [3.05, 3.63) is 28.6 Å². The number of ketones is 4. The van der Waals surface area contributed by atoms with Crippen molar-refractivity contribution in [1.82, 2.24) is 9.80 Å². The molecule has 1 aromatic rings. The quantitative estimate of drug-likeness (QED) is 0.419. The predicted molar refractivity (Wildman–Crippen MR) is 133 cm³/mol. The average molecular weight is 532 g/mol. The van der Waals surface area contributed by atoms with E-state index in [0.717, 1.165) is 12.8 Å². The topological polar surface area (TPSA) is 158 Å². The maximum atomic E-state index is 15.7. The molecule has 4 rings (SSSR count). The maximum absolute atomic E-state index is 15.7. The van der Waals surface area contributed by atoms with E-state index >= 15 is 4.39 Å². The summed E-state index contributed by atoms with van der Waals surface area (Å²) in [5, 5.41) is 22.3. The molecule has 0 heterocycles. The van der Waals surface area contributed by atoms with Crippen molar-refractivity contribution >= 4 is 29.0 Å². The summed E-state index contributed by atoms with van der Waals surface area (Å²) in [5.41, 5.74) is 2.36. The Morgan fingerprint density at radius 3 is 2.42 bits per heavy atom. The molecule has 0 spiro atoms. The van der Waals surface area contributed by atoms with E-state index in [4.69, 9.17) is 5.73 Å². The minimum Gasteiger partial charge on any atom is -0.507 e. The molecule has 1 amide bonds. The van der Waals surface area contributed by atoms with E-state index in [9.17, 15) is 34.2 Å². The molecule has 2 fully saturated rings. The fourth-order valence-electron chi connectivity index (χ4n) is 6.62. The van der Waals surface area contributed by atoms with E-state index in [2.05, 4.69) is 0 Å². The molecule has 6 atom stereocenters. The fourth-order valence-corrected chi connectivity index (χ4v) is 6.62. The summed E-state index contributed by atoms with van der Waals surface area (Å²) in [6.07, 6.45) is 1.65. The first-order chi connectivity index (χ1) is 17.8. The molecule has 11 heteroatoms. The van der Waals surface area contributed by atoms with Gasteiger partial charge in [-0.3, -0.25) is 28.9 Å². The average Bonchev–Trinajstić information content (AvgIpc) is 2.82. The standard InChI is InChI=1S/C27H34FN3O7/c1-5-6-7-31(4)11-13-10-16(32)18-14(20(13)28)8-12-9-15-21(30(2)3)23(34)19(26(29)37)25(36)27(15,38)24(35)17(12)22(18)33/h10,12,15,17,19,21,32,38H,5-9,11H2,1-4H3,(H2,29,37)/t12-,15-,17?,19?,21-,27-/m0/s1. The Balaban J connectivity index is 1.78. The van der Waals surface area contributed by atoms with Gasteiger partial charge in [0.2, 0.25) is 5.91 Å². The van der Waals surface area contributed by atoms with Crippen LogP contribution in [0.4, 0.5) is 4.39 Å². The second-order valence-electron chi connectivity index (χ2n) is 11.1. The van der Waals surface area contributed by atoms with Gasteiger partial charge in [-0.1, -0.05) is 13.3 Å². The zero-order valence-electron chi connectivity index (χ0n) is 22.0. The van der Waals surface area contributed by atoms with Crippen LogP contribution in [-0.2, 0) is 32.1 Å². The number of benzene rings is 1. The van der Waals surface area contributed by atoms with Crippen molar-refractivity contribution in [3.63, 3.8) is 0 Å². The molecule has 2 saturated carbocycles. The molecule has 2 unspecified atom stereocenters. The number of fused-ring (bicyclic) bond motifs is 3. The van der Waals surface area contributed by atoms with Crippen LogP contribution in [0.1, 0.15) is 47.7 Å². The number of primary amides is 1. The molecular formula is C27H34FN3O7. The Bertz CT molecular complexity index is 1230. The minimum absolute atomic E-state index is 0.0155. The summed E-state index contributed by atoms with van der Waals surface area (Å²) >= 11 is 0. The molecule has 0 saturated heterocycles. The number of Topliss-reactive ketones (excluding diaryl/α,β-unsaturated/α-hetero) is 4. The largest absolute Gasteiger partial charge is 0.507 e. The predicted octanol–water partition coefficient (Wildman–Crippen LogP) is 0.238. The lowest BCUT2D eigenvalue weighted by molar-refractivity contribution is -0.181. The summed E-state index contributed by atoms with van der Waals surface area (Å²) in [6, 6.07) is -0.0247. The van der Waals surface area contributed by atoms with Crippen LogP contribution in [0.25, 0.3) is 0 Å². The number of nitrogens with zero attached hydrogens (tertiary/aromatic N) is 2. The molecule has 206 valence electrons. The number of rotatable bonds is 7. The van der Waals surface area contributed by atoms with E-state index in [1.807, 2.05) is 18.9 Å². The lowest BCUT2D eigenvalue weighted by Gasteiger charge is -2.52. The Kier molecular flexibility index (Phi) is 7.32. The lowest BCUT2D eigenvalue weighted by atomic mass is 9.52. The molecule has 3 aliphatic rings. The number of halogens is 1. The second-order valence-corrected chi connectivity index (χ2v) is 11.1. The number of carbonyl (C=O) groups excluding carboxylic acids is 5. The number of aliphatic hydroxyl groups is 1. The molecule has 4 N–H and O–H groups in total. The van der Waals surface area contributed by atoms with Crippen molar-refractivity contribution < 1.29 is 38.6 Å². The monoisotopic (exact) mass is 531 g/mol. The van der Waals surface area contributed by atoms with Gasteiger partial charge >= 0.3 is 0 Å². The molecule has 0 aliphatic heterocycles. The SMILES string of the molecule is CCCCN(C)Cc1cc(O)c2c(c1F)C[C@H]1C[C@H]3[C@H](N(C)C)C(=O)C(C(N)=O)C(=O)[C@@]3(O)C(=O)C1C2=O. The van der Waals surface area contributed by atoms with Crippen LogP contribution >= 0.6 is 0 Å². The van der Waals surface area contributed by atoms with Gasteiger partial charge in [0.05, 0.1) is 17.5 Å². The molecule has 0 bridgehead atoms. The molecule has 0 aromatic heterocycles. The Morgan fingerprint density at radius 1 is 1.18 bits per heavy atom. The van der Waals surface area contributed by atoms with E-state index in [-0.39, 0.29) is 36.1 Å². The Morgan fingerprint density at radius 2 is 1.84 bits per heavy atom. The number of amides is 1. The van der Waals surface area contributed by atoms with E-state index in [1.54, 1.807) is 0 Å². The number of likely N-dealkylation sites (N-methyl/N-ethyl adjacent to an activating group) is 1. The first-order valence-corrected chi connectivity index (χ1v) is 12.8. The van der Waals surface area contributed by atoms with Crippen molar-refractivity contribution in [2.45, 2.75) is 50.8 Å². The fraction of sp³-hybridized carbons (Fsp3) is 0.593. The van der Waals surface area contributed by atoms with Crippen LogP contribution in [0, 0.1) is 29.5 Å². The Labute approximate surface area is 219 Å². The Hall–Kier alpha value is -3.02. The zero-order chi connectivity index (χ0) is 28.3. The highest BCUT2D eigenvalue weighted by molar-refractivity contribution is 6.32. The second kappa shape index (κ2) is 9.94.